The smallest absolute Gasteiger partial charge is 0.0587 e. The number of thiophene rings is 1. The molecule has 0 amide bonds. The Kier molecular flexibility index (Phi) is 5.67. The summed E-state index contributed by atoms with van der Waals surface area (Å²) in [6.45, 7) is 2.93. The number of nitrogens with one attached hydrogen (secondary N) is 1. The lowest BCUT2D eigenvalue weighted by Crippen LogP contribution is -2.39. The Morgan fingerprint density at radius 1 is 1.33 bits per heavy atom. The zero-order chi connectivity index (χ0) is 12.7. The van der Waals surface area contributed by atoms with Gasteiger partial charge in [-0.1, -0.05) is 19.3 Å². The van der Waals surface area contributed by atoms with Crippen molar-refractivity contribution in [2.24, 2.45) is 5.41 Å². The van der Waals surface area contributed by atoms with Gasteiger partial charge in [0, 0.05) is 20.2 Å². The lowest BCUT2D eigenvalue weighted by Gasteiger charge is -2.37. The average molecular weight is 267 g/mol. The summed E-state index contributed by atoms with van der Waals surface area (Å²) >= 11 is 1.82. The minimum atomic E-state index is 0.493. The van der Waals surface area contributed by atoms with Crippen molar-refractivity contribution in [3.63, 3.8) is 0 Å². The molecule has 1 heterocycles. The van der Waals surface area contributed by atoms with Crippen molar-refractivity contribution in [2.45, 2.75) is 38.5 Å². The van der Waals surface area contributed by atoms with Gasteiger partial charge in [0.05, 0.1) is 6.61 Å². The van der Waals surface area contributed by atoms with Crippen LogP contribution < -0.4 is 5.32 Å². The molecule has 3 heteroatoms. The fourth-order valence-electron chi connectivity index (χ4n) is 3.07. The van der Waals surface area contributed by atoms with Crippen LogP contribution in [0.3, 0.4) is 0 Å². The van der Waals surface area contributed by atoms with Gasteiger partial charge in [0.25, 0.3) is 0 Å². The van der Waals surface area contributed by atoms with Crippen molar-refractivity contribution in [2.75, 3.05) is 26.8 Å². The number of methoxy groups -OCH3 is 1. The highest BCUT2D eigenvalue weighted by molar-refractivity contribution is 7.07. The van der Waals surface area contributed by atoms with E-state index in [0.29, 0.717) is 5.41 Å². The van der Waals surface area contributed by atoms with E-state index in [1.165, 1.54) is 44.1 Å². The highest BCUT2D eigenvalue weighted by Gasteiger charge is 2.31. The monoisotopic (exact) mass is 267 g/mol. The Balaban J connectivity index is 1.89. The van der Waals surface area contributed by atoms with Crippen molar-refractivity contribution in [3.8, 4) is 0 Å². The van der Waals surface area contributed by atoms with E-state index in [1.54, 1.807) is 7.11 Å². The molecule has 1 aliphatic rings. The first-order chi connectivity index (χ1) is 8.85. The zero-order valence-corrected chi connectivity index (χ0v) is 12.2. The number of rotatable bonds is 7. The van der Waals surface area contributed by atoms with Crippen LogP contribution in [0.2, 0.25) is 0 Å². The average Bonchev–Trinajstić information content (AvgIpc) is 2.89. The normalized spacial score (nSPS) is 18.9. The van der Waals surface area contributed by atoms with Crippen LogP contribution in [0, 0.1) is 5.41 Å². The second kappa shape index (κ2) is 7.27. The topological polar surface area (TPSA) is 21.3 Å². The first kappa shape index (κ1) is 14.0. The van der Waals surface area contributed by atoms with Crippen LogP contribution in [0.1, 0.15) is 37.7 Å². The molecule has 2 nitrogen and oxygen atoms in total. The molecule has 2 rings (SSSR count). The summed E-state index contributed by atoms with van der Waals surface area (Å²) < 4.78 is 5.11. The van der Waals surface area contributed by atoms with E-state index >= 15 is 0 Å². The van der Waals surface area contributed by atoms with Gasteiger partial charge in [0.15, 0.2) is 0 Å². The summed E-state index contributed by atoms with van der Waals surface area (Å²) in [6.07, 6.45) is 8.22. The molecule has 0 bridgehead atoms. The third-order valence-electron chi connectivity index (χ3n) is 4.06. The van der Waals surface area contributed by atoms with Gasteiger partial charge in [-0.05, 0) is 47.1 Å². The first-order valence-corrected chi connectivity index (χ1v) is 8.00. The van der Waals surface area contributed by atoms with E-state index in [1.807, 2.05) is 11.3 Å². The van der Waals surface area contributed by atoms with Crippen molar-refractivity contribution in [3.05, 3.63) is 22.4 Å². The number of ether oxygens (including phenoxy) is 1. The Bertz CT molecular complexity index is 317. The molecule has 0 radical (unpaired) electrons. The molecule has 1 N–H and O–H groups in total. The molecule has 0 aliphatic heterocycles. The van der Waals surface area contributed by atoms with Crippen LogP contribution >= 0.6 is 11.3 Å². The minimum absolute atomic E-state index is 0.493. The molecule has 1 aliphatic carbocycles. The van der Waals surface area contributed by atoms with Gasteiger partial charge in [-0.25, -0.2) is 0 Å². The van der Waals surface area contributed by atoms with Crippen LogP contribution in [0.5, 0.6) is 0 Å². The third kappa shape index (κ3) is 4.08. The molecular weight excluding hydrogens is 242 g/mol. The first-order valence-electron chi connectivity index (χ1n) is 7.05. The Hall–Kier alpha value is -0.380. The molecule has 0 spiro atoms. The van der Waals surface area contributed by atoms with Crippen LogP contribution in [0.4, 0.5) is 0 Å². The number of hydrogen-bond donors (Lipinski definition) is 1. The zero-order valence-electron chi connectivity index (χ0n) is 11.4. The molecule has 0 unspecified atom stereocenters. The van der Waals surface area contributed by atoms with Gasteiger partial charge in [0.1, 0.15) is 0 Å². The van der Waals surface area contributed by atoms with E-state index in [4.69, 9.17) is 4.74 Å². The van der Waals surface area contributed by atoms with Crippen LogP contribution in [-0.2, 0) is 11.2 Å². The van der Waals surface area contributed by atoms with E-state index in [-0.39, 0.29) is 0 Å². The molecular formula is C15H25NOS. The van der Waals surface area contributed by atoms with E-state index in [0.717, 1.165) is 19.7 Å². The predicted octanol–water partition coefficient (Wildman–Crippen LogP) is 3.48. The summed E-state index contributed by atoms with van der Waals surface area (Å²) in [7, 11) is 1.77. The van der Waals surface area contributed by atoms with Crippen LogP contribution in [0.15, 0.2) is 16.8 Å². The van der Waals surface area contributed by atoms with E-state index in [2.05, 4.69) is 22.1 Å². The summed E-state index contributed by atoms with van der Waals surface area (Å²) in [5.41, 5.74) is 2.02. The summed E-state index contributed by atoms with van der Waals surface area (Å²) in [5.74, 6) is 0. The molecule has 102 valence electrons. The highest BCUT2D eigenvalue weighted by Crippen LogP contribution is 2.39. The fraction of sp³-hybridized carbons (Fsp3) is 0.733. The highest BCUT2D eigenvalue weighted by atomic mass is 32.1. The van der Waals surface area contributed by atoms with E-state index < -0.39 is 0 Å². The Morgan fingerprint density at radius 3 is 2.83 bits per heavy atom. The fourth-order valence-corrected chi connectivity index (χ4v) is 3.74. The van der Waals surface area contributed by atoms with Gasteiger partial charge in [-0.2, -0.15) is 11.3 Å². The SMILES string of the molecule is COCCNCC1(Cc2ccsc2)CCCCC1. The largest absolute Gasteiger partial charge is 0.383 e. The molecule has 0 aromatic carbocycles. The molecule has 1 aromatic heterocycles. The lowest BCUT2D eigenvalue weighted by molar-refractivity contribution is 0.162. The maximum Gasteiger partial charge on any atom is 0.0587 e. The van der Waals surface area contributed by atoms with Gasteiger partial charge < -0.3 is 10.1 Å². The summed E-state index contributed by atoms with van der Waals surface area (Å²) in [6, 6.07) is 2.29. The predicted molar refractivity (Wildman–Crippen MR) is 78.3 cm³/mol. The van der Waals surface area contributed by atoms with Crippen LogP contribution in [-0.4, -0.2) is 26.8 Å². The van der Waals surface area contributed by atoms with Crippen molar-refractivity contribution in [1.29, 1.82) is 0 Å². The number of hydrogen-bond acceptors (Lipinski definition) is 3. The molecule has 1 fully saturated rings. The molecule has 1 saturated carbocycles. The molecule has 1 aromatic rings. The standard InChI is InChI=1S/C15H25NOS/c1-17-9-8-16-13-15(6-3-2-4-7-15)11-14-5-10-18-12-14/h5,10,12,16H,2-4,6-9,11,13H2,1H3. The maximum atomic E-state index is 5.11. The van der Waals surface area contributed by atoms with Gasteiger partial charge >= 0.3 is 0 Å². The van der Waals surface area contributed by atoms with E-state index in [9.17, 15) is 0 Å². The molecule has 0 saturated heterocycles. The van der Waals surface area contributed by atoms with Gasteiger partial charge in [-0.3, -0.25) is 0 Å². The molecule has 0 atom stereocenters. The molecule has 18 heavy (non-hydrogen) atoms. The lowest BCUT2D eigenvalue weighted by atomic mass is 9.70. The summed E-state index contributed by atoms with van der Waals surface area (Å²) in [4.78, 5) is 0. The maximum absolute atomic E-state index is 5.11. The van der Waals surface area contributed by atoms with Crippen LogP contribution in [0.25, 0.3) is 0 Å². The van der Waals surface area contributed by atoms with Crippen molar-refractivity contribution < 1.29 is 4.74 Å². The third-order valence-corrected chi connectivity index (χ3v) is 4.79. The van der Waals surface area contributed by atoms with Crippen molar-refractivity contribution in [1.82, 2.24) is 5.32 Å². The quantitative estimate of drug-likeness (QED) is 0.764. The second-order valence-electron chi connectivity index (χ2n) is 5.54. The van der Waals surface area contributed by atoms with Gasteiger partial charge in [-0.15, -0.1) is 0 Å². The van der Waals surface area contributed by atoms with Gasteiger partial charge in [0.2, 0.25) is 0 Å². The summed E-state index contributed by atoms with van der Waals surface area (Å²) in [5, 5.41) is 8.10. The Morgan fingerprint density at radius 2 is 2.17 bits per heavy atom. The minimum Gasteiger partial charge on any atom is -0.383 e. The van der Waals surface area contributed by atoms with Crippen molar-refractivity contribution >= 4 is 11.3 Å². The Labute approximate surface area is 115 Å². The second-order valence-corrected chi connectivity index (χ2v) is 6.32.